The number of anilines is 3. The number of piperazine rings is 1. The highest BCUT2D eigenvalue weighted by Gasteiger charge is 2.20. The second kappa shape index (κ2) is 8.60. The van der Waals surface area contributed by atoms with E-state index in [9.17, 15) is 4.39 Å². The van der Waals surface area contributed by atoms with Gasteiger partial charge in [0.2, 0.25) is 11.9 Å². The minimum atomic E-state index is -0.173. The van der Waals surface area contributed by atoms with Crippen molar-refractivity contribution in [1.82, 2.24) is 19.9 Å². The molecule has 0 amide bonds. The van der Waals surface area contributed by atoms with Crippen molar-refractivity contribution in [2.75, 3.05) is 47.8 Å². The first-order valence-corrected chi connectivity index (χ1v) is 9.37. The van der Waals surface area contributed by atoms with E-state index >= 15 is 0 Å². The summed E-state index contributed by atoms with van der Waals surface area (Å²) in [5, 5.41) is 3.26. The maximum Gasteiger partial charge on any atom is 0.227 e. The van der Waals surface area contributed by atoms with E-state index in [0.29, 0.717) is 24.5 Å². The van der Waals surface area contributed by atoms with Crippen molar-refractivity contribution in [3.05, 3.63) is 66.4 Å². The van der Waals surface area contributed by atoms with E-state index in [1.165, 1.54) is 6.07 Å². The molecular formula is C20H22FN7. The fraction of sp³-hybridized carbons (Fsp3) is 0.300. The molecule has 0 aliphatic carbocycles. The van der Waals surface area contributed by atoms with Gasteiger partial charge in [0, 0.05) is 51.3 Å². The molecule has 3 heterocycles. The Hall–Kier alpha value is -3.29. The summed E-state index contributed by atoms with van der Waals surface area (Å²) in [6, 6.07) is 10.5. The van der Waals surface area contributed by atoms with Gasteiger partial charge in [-0.25, -0.2) is 19.3 Å². The molecule has 0 radical (unpaired) electrons. The van der Waals surface area contributed by atoms with Gasteiger partial charge in [-0.3, -0.25) is 0 Å². The minimum absolute atomic E-state index is 0.173. The van der Waals surface area contributed by atoms with Crippen molar-refractivity contribution in [3.8, 4) is 0 Å². The minimum Gasteiger partial charge on any atom is -0.370 e. The summed E-state index contributed by atoms with van der Waals surface area (Å²) in [6.45, 7) is 3.85. The van der Waals surface area contributed by atoms with Crippen LogP contribution in [0.4, 0.5) is 22.1 Å². The SMILES string of the molecule is Fc1ccccc1CCNc1ccnc(N2CCN(c3ncccn3)CC2)n1. The number of nitrogens with one attached hydrogen (secondary N) is 1. The summed E-state index contributed by atoms with van der Waals surface area (Å²) in [5.74, 6) is 2.03. The van der Waals surface area contributed by atoms with Crippen molar-refractivity contribution < 1.29 is 4.39 Å². The van der Waals surface area contributed by atoms with E-state index in [1.807, 2.05) is 18.2 Å². The van der Waals surface area contributed by atoms with Crippen LogP contribution in [0, 0.1) is 5.82 Å². The van der Waals surface area contributed by atoms with E-state index in [4.69, 9.17) is 0 Å². The highest BCUT2D eigenvalue weighted by molar-refractivity contribution is 5.43. The molecule has 0 saturated carbocycles. The van der Waals surface area contributed by atoms with Gasteiger partial charge in [-0.15, -0.1) is 0 Å². The molecule has 0 atom stereocenters. The van der Waals surface area contributed by atoms with Crippen LogP contribution in [0.3, 0.4) is 0 Å². The molecule has 0 bridgehead atoms. The van der Waals surface area contributed by atoms with Crippen molar-refractivity contribution in [3.63, 3.8) is 0 Å². The zero-order chi connectivity index (χ0) is 19.2. The lowest BCUT2D eigenvalue weighted by molar-refractivity contribution is 0.610. The molecule has 3 aromatic rings. The molecule has 28 heavy (non-hydrogen) atoms. The molecule has 2 aromatic heterocycles. The average molecular weight is 379 g/mol. The first-order valence-electron chi connectivity index (χ1n) is 9.37. The Morgan fingerprint density at radius 1 is 0.821 bits per heavy atom. The van der Waals surface area contributed by atoms with Crippen LogP contribution < -0.4 is 15.1 Å². The van der Waals surface area contributed by atoms with Crippen LogP contribution in [-0.2, 0) is 6.42 Å². The van der Waals surface area contributed by atoms with Crippen molar-refractivity contribution in [1.29, 1.82) is 0 Å². The highest BCUT2D eigenvalue weighted by atomic mass is 19.1. The van der Waals surface area contributed by atoms with Gasteiger partial charge in [-0.05, 0) is 30.2 Å². The Bertz CT molecular complexity index is 898. The molecule has 1 aromatic carbocycles. The van der Waals surface area contributed by atoms with Crippen LogP contribution in [0.15, 0.2) is 55.0 Å². The van der Waals surface area contributed by atoms with E-state index in [0.717, 1.165) is 37.9 Å². The summed E-state index contributed by atoms with van der Waals surface area (Å²) >= 11 is 0. The van der Waals surface area contributed by atoms with Crippen LogP contribution in [0.5, 0.6) is 0 Å². The number of hydrogen-bond donors (Lipinski definition) is 1. The van der Waals surface area contributed by atoms with Crippen LogP contribution in [0.2, 0.25) is 0 Å². The number of aromatic nitrogens is 4. The Balaban J connectivity index is 1.32. The molecule has 1 fully saturated rings. The van der Waals surface area contributed by atoms with Crippen LogP contribution in [0.1, 0.15) is 5.56 Å². The second-order valence-corrected chi connectivity index (χ2v) is 6.53. The summed E-state index contributed by atoms with van der Waals surface area (Å²) < 4.78 is 13.7. The maximum atomic E-state index is 13.7. The number of benzene rings is 1. The van der Waals surface area contributed by atoms with Gasteiger partial charge in [0.1, 0.15) is 11.6 Å². The van der Waals surface area contributed by atoms with Gasteiger partial charge in [-0.1, -0.05) is 18.2 Å². The Morgan fingerprint density at radius 3 is 2.25 bits per heavy atom. The monoisotopic (exact) mass is 379 g/mol. The quantitative estimate of drug-likeness (QED) is 0.705. The third-order valence-electron chi connectivity index (χ3n) is 4.70. The normalized spacial score (nSPS) is 14.2. The zero-order valence-electron chi connectivity index (χ0n) is 15.5. The van der Waals surface area contributed by atoms with Gasteiger partial charge >= 0.3 is 0 Å². The van der Waals surface area contributed by atoms with Crippen LogP contribution in [0.25, 0.3) is 0 Å². The Labute approximate surface area is 163 Å². The Kier molecular flexibility index (Phi) is 5.56. The fourth-order valence-corrected chi connectivity index (χ4v) is 3.19. The third-order valence-corrected chi connectivity index (χ3v) is 4.70. The van der Waals surface area contributed by atoms with E-state index in [-0.39, 0.29) is 5.82 Å². The first-order chi connectivity index (χ1) is 13.8. The molecule has 1 aliphatic heterocycles. The van der Waals surface area contributed by atoms with E-state index in [2.05, 4.69) is 35.1 Å². The number of halogens is 1. The predicted molar refractivity (Wildman–Crippen MR) is 107 cm³/mol. The molecule has 4 rings (SSSR count). The summed E-state index contributed by atoms with van der Waals surface area (Å²) in [5.41, 5.74) is 0.698. The average Bonchev–Trinajstić information content (AvgIpc) is 2.76. The van der Waals surface area contributed by atoms with Gasteiger partial charge in [-0.2, -0.15) is 4.98 Å². The lowest BCUT2D eigenvalue weighted by Crippen LogP contribution is -2.47. The predicted octanol–water partition coefficient (Wildman–Crippen LogP) is 2.39. The second-order valence-electron chi connectivity index (χ2n) is 6.53. The molecule has 1 saturated heterocycles. The molecule has 7 nitrogen and oxygen atoms in total. The fourth-order valence-electron chi connectivity index (χ4n) is 3.19. The van der Waals surface area contributed by atoms with Gasteiger partial charge in [0.15, 0.2) is 0 Å². The Morgan fingerprint density at radius 2 is 1.50 bits per heavy atom. The lowest BCUT2D eigenvalue weighted by atomic mass is 10.1. The van der Waals surface area contributed by atoms with Crippen LogP contribution >= 0.6 is 0 Å². The standard InChI is InChI=1S/C20H22FN7/c21-17-5-2-1-4-16(17)6-10-22-18-7-11-25-20(26-18)28-14-12-27(13-15-28)19-23-8-3-9-24-19/h1-5,7-9,11H,6,10,12-15H2,(H,22,25,26). The van der Waals surface area contributed by atoms with Gasteiger partial charge in [0.25, 0.3) is 0 Å². The molecule has 144 valence electrons. The number of rotatable bonds is 6. The van der Waals surface area contributed by atoms with Gasteiger partial charge < -0.3 is 15.1 Å². The molecule has 1 N–H and O–H groups in total. The smallest absolute Gasteiger partial charge is 0.227 e. The molecule has 1 aliphatic rings. The van der Waals surface area contributed by atoms with Gasteiger partial charge in [0.05, 0.1) is 0 Å². The lowest BCUT2D eigenvalue weighted by Gasteiger charge is -2.34. The topological polar surface area (TPSA) is 70.1 Å². The van der Waals surface area contributed by atoms with Crippen molar-refractivity contribution in [2.45, 2.75) is 6.42 Å². The highest BCUT2D eigenvalue weighted by Crippen LogP contribution is 2.16. The summed E-state index contributed by atoms with van der Waals surface area (Å²) in [7, 11) is 0. The van der Waals surface area contributed by atoms with E-state index < -0.39 is 0 Å². The number of nitrogens with zero attached hydrogens (tertiary/aromatic N) is 6. The molecular weight excluding hydrogens is 357 g/mol. The summed E-state index contributed by atoms with van der Waals surface area (Å²) in [4.78, 5) is 21.9. The zero-order valence-corrected chi connectivity index (χ0v) is 15.5. The van der Waals surface area contributed by atoms with E-state index in [1.54, 1.807) is 30.7 Å². The number of hydrogen-bond acceptors (Lipinski definition) is 7. The van der Waals surface area contributed by atoms with Crippen LogP contribution in [-0.4, -0.2) is 52.7 Å². The van der Waals surface area contributed by atoms with Crippen molar-refractivity contribution >= 4 is 17.7 Å². The largest absolute Gasteiger partial charge is 0.370 e. The third kappa shape index (κ3) is 4.33. The summed E-state index contributed by atoms with van der Waals surface area (Å²) in [6.07, 6.45) is 5.87. The molecule has 0 unspecified atom stereocenters. The molecule has 8 heteroatoms. The molecule has 0 spiro atoms. The first kappa shape index (κ1) is 18.1. The van der Waals surface area contributed by atoms with Crippen molar-refractivity contribution in [2.24, 2.45) is 0 Å². The maximum absolute atomic E-state index is 13.7.